The molecule has 0 atom stereocenters. The van der Waals surface area contributed by atoms with Crippen LogP contribution in [-0.2, 0) is 11.2 Å². The van der Waals surface area contributed by atoms with Gasteiger partial charge in [-0.25, -0.2) is 9.97 Å². The fourth-order valence-electron chi connectivity index (χ4n) is 2.72. The number of hydrogen-bond acceptors (Lipinski definition) is 3. The number of aromatic nitrogens is 2. The maximum absolute atomic E-state index is 11.9. The smallest absolute Gasteiger partial charge is 0.228 e. The molecule has 2 heterocycles. The van der Waals surface area contributed by atoms with E-state index in [9.17, 15) is 4.79 Å². The van der Waals surface area contributed by atoms with Gasteiger partial charge >= 0.3 is 0 Å². The van der Waals surface area contributed by atoms with E-state index < -0.39 is 0 Å². The molecule has 1 N–H and O–H groups in total. The standard InChI is InChI=1S/C22H25N3O/c1-4-5-6-16-7-9-17(10-8-16)19-13-11-18-12-14-20(24-21(18)23-19)25-22(26)15(2)3/h7-15H,4-6H2,1-3H3,(H,23,24,25,26). The first-order valence-electron chi connectivity index (χ1n) is 9.25. The molecule has 1 amide bonds. The minimum atomic E-state index is -0.0852. The molecule has 26 heavy (non-hydrogen) atoms. The van der Waals surface area contributed by atoms with E-state index in [0.717, 1.165) is 23.1 Å². The summed E-state index contributed by atoms with van der Waals surface area (Å²) in [6.45, 7) is 5.92. The van der Waals surface area contributed by atoms with Gasteiger partial charge in [0.25, 0.3) is 0 Å². The van der Waals surface area contributed by atoms with Crippen molar-refractivity contribution >= 4 is 22.8 Å². The van der Waals surface area contributed by atoms with E-state index in [0.29, 0.717) is 11.5 Å². The molecule has 0 saturated carbocycles. The quantitative estimate of drug-likeness (QED) is 0.664. The summed E-state index contributed by atoms with van der Waals surface area (Å²) in [7, 11) is 0. The second-order valence-corrected chi connectivity index (χ2v) is 6.88. The Balaban J connectivity index is 1.86. The van der Waals surface area contributed by atoms with Crippen LogP contribution in [0.15, 0.2) is 48.5 Å². The lowest BCUT2D eigenvalue weighted by Crippen LogP contribution is -2.18. The van der Waals surface area contributed by atoms with Gasteiger partial charge in [0.05, 0.1) is 5.69 Å². The highest BCUT2D eigenvalue weighted by atomic mass is 16.1. The molecule has 0 aliphatic heterocycles. The van der Waals surface area contributed by atoms with Crippen molar-refractivity contribution < 1.29 is 4.79 Å². The molecule has 0 saturated heterocycles. The van der Waals surface area contributed by atoms with E-state index in [1.54, 1.807) is 0 Å². The predicted octanol–water partition coefficient (Wildman–Crippen LogP) is 5.23. The third kappa shape index (κ3) is 4.26. The van der Waals surface area contributed by atoms with Gasteiger partial charge in [0.1, 0.15) is 5.82 Å². The van der Waals surface area contributed by atoms with Crippen molar-refractivity contribution in [1.29, 1.82) is 0 Å². The second-order valence-electron chi connectivity index (χ2n) is 6.88. The fraction of sp³-hybridized carbons (Fsp3) is 0.318. The Morgan fingerprint density at radius 2 is 1.73 bits per heavy atom. The van der Waals surface area contributed by atoms with Gasteiger partial charge in [-0.3, -0.25) is 4.79 Å². The molecular formula is C22H25N3O. The Kier molecular flexibility index (Phi) is 5.61. The first-order valence-corrected chi connectivity index (χ1v) is 9.25. The third-order valence-electron chi connectivity index (χ3n) is 4.40. The Bertz CT molecular complexity index is 901. The molecule has 1 aromatic carbocycles. The van der Waals surface area contributed by atoms with Crippen molar-refractivity contribution in [3.8, 4) is 11.3 Å². The van der Waals surface area contributed by atoms with Crippen LogP contribution in [0, 0.1) is 5.92 Å². The van der Waals surface area contributed by atoms with Crippen molar-refractivity contribution in [2.75, 3.05) is 5.32 Å². The maximum Gasteiger partial charge on any atom is 0.228 e. The highest BCUT2D eigenvalue weighted by Crippen LogP contribution is 2.22. The number of carbonyl (C=O) groups is 1. The van der Waals surface area contributed by atoms with E-state index in [2.05, 4.69) is 46.5 Å². The topological polar surface area (TPSA) is 54.9 Å². The van der Waals surface area contributed by atoms with Crippen molar-refractivity contribution in [2.45, 2.75) is 40.0 Å². The molecule has 4 heteroatoms. The molecular weight excluding hydrogens is 322 g/mol. The number of pyridine rings is 2. The van der Waals surface area contributed by atoms with Gasteiger partial charge in [-0.05, 0) is 42.7 Å². The molecule has 3 rings (SSSR count). The maximum atomic E-state index is 11.9. The number of nitrogens with zero attached hydrogens (tertiary/aromatic N) is 2. The first-order chi connectivity index (χ1) is 12.6. The SMILES string of the molecule is CCCCc1ccc(-c2ccc3ccc(NC(=O)C(C)C)nc3n2)cc1. The van der Waals surface area contributed by atoms with Crippen LogP contribution in [0.4, 0.5) is 5.82 Å². The van der Waals surface area contributed by atoms with Gasteiger partial charge < -0.3 is 5.32 Å². The number of rotatable bonds is 6. The van der Waals surface area contributed by atoms with E-state index >= 15 is 0 Å². The summed E-state index contributed by atoms with van der Waals surface area (Å²) in [5.41, 5.74) is 3.96. The van der Waals surface area contributed by atoms with Gasteiger partial charge in [0.2, 0.25) is 5.91 Å². The van der Waals surface area contributed by atoms with Crippen molar-refractivity contribution in [3.05, 3.63) is 54.1 Å². The molecule has 0 aliphatic carbocycles. The fourth-order valence-corrected chi connectivity index (χ4v) is 2.72. The molecule has 0 fully saturated rings. The Morgan fingerprint density at radius 3 is 2.42 bits per heavy atom. The predicted molar refractivity (Wildman–Crippen MR) is 107 cm³/mol. The molecule has 0 spiro atoms. The zero-order valence-corrected chi connectivity index (χ0v) is 15.6. The molecule has 2 aromatic heterocycles. The van der Waals surface area contributed by atoms with Crippen molar-refractivity contribution in [3.63, 3.8) is 0 Å². The normalized spacial score (nSPS) is 11.1. The Labute approximate surface area is 154 Å². The van der Waals surface area contributed by atoms with Gasteiger partial charge in [0.15, 0.2) is 5.65 Å². The zero-order valence-electron chi connectivity index (χ0n) is 15.6. The Hall–Kier alpha value is -2.75. The van der Waals surface area contributed by atoms with Crippen LogP contribution in [0.3, 0.4) is 0 Å². The lowest BCUT2D eigenvalue weighted by atomic mass is 10.0. The summed E-state index contributed by atoms with van der Waals surface area (Å²) in [5.74, 6) is 0.407. The van der Waals surface area contributed by atoms with Crippen LogP contribution in [0.1, 0.15) is 39.2 Å². The average molecular weight is 347 g/mol. The minimum Gasteiger partial charge on any atom is -0.310 e. The summed E-state index contributed by atoms with van der Waals surface area (Å²) in [4.78, 5) is 21.1. The van der Waals surface area contributed by atoms with Crippen LogP contribution in [-0.4, -0.2) is 15.9 Å². The van der Waals surface area contributed by atoms with E-state index in [-0.39, 0.29) is 11.8 Å². The highest BCUT2D eigenvalue weighted by molar-refractivity contribution is 5.92. The van der Waals surface area contributed by atoms with Crippen LogP contribution in [0.25, 0.3) is 22.3 Å². The van der Waals surface area contributed by atoms with Gasteiger partial charge in [-0.1, -0.05) is 51.5 Å². The number of hydrogen-bond donors (Lipinski definition) is 1. The molecule has 0 radical (unpaired) electrons. The van der Waals surface area contributed by atoms with E-state index in [1.807, 2.05) is 38.1 Å². The summed E-state index contributed by atoms with van der Waals surface area (Å²) in [5, 5.41) is 3.78. The minimum absolute atomic E-state index is 0.0457. The number of aryl methyl sites for hydroxylation is 1. The molecule has 134 valence electrons. The van der Waals surface area contributed by atoms with Gasteiger partial charge in [0, 0.05) is 16.9 Å². The van der Waals surface area contributed by atoms with Crippen LogP contribution in [0.2, 0.25) is 0 Å². The largest absolute Gasteiger partial charge is 0.310 e. The van der Waals surface area contributed by atoms with Gasteiger partial charge in [-0.15, -0.1) is 0 Å². The Morgan fingerprint density at radius 1 is 1.00 bits per heavy atom. The second kappa shape index (κ2) is 8.09. The number of nitrogens with one attached hydrogen (secondary N) is 1. The number of anilines is 1. The highest BCUT2D eigenvalue weighted by Gasteiger charge is 2.09. The number of fused-ring (bicyclic) bond motifs is 1. The summed E-state index contributed by atoms with van der Waals surface area (Å²) >= 11 is 0. The average Bonchev–Trinajstić information content (AvgIpc) is 2.66. The monoisotopic (exact) mass is 347 g/mol. The lowest BCUT2D eigenvalue weighted by Gasteiger charge is -2.08. The van der Waals surface area contributed by atoms with E-state index in [4.69, 9.17) is 0 Å². The summed E-state index contributed by atoms with van der Waals surface area (Å²) < 4.78 is 0. The van der Waals surface area contributed by atoms with E-state index in [1.165, 1.54) is 18.4 Å². The number of unbranched alkanes of at least 4 members (excludes halogenated alkanes) is 1. The number of benzene rings is 1. The third-order valence-corrected chi connectivity index (χ3v) is 4.40. The van der Waals surface area contributed by atoms with Crippen LogP contribution in [0.5, 0.6) is 0 Å². The molecule has 0 bridgehead atoms. The van der Waals surface area contributed by atoms with Crippen LogP contribution < -0.4 is 5.32 Å². The number of amides is 1. The van der Waals surface area contributed by atoms with Crippen molar-refractivity contribution in [1.82, 2.24) is 9.97 Å². The number of carbonyl (C=O) groups excluding carboxylic acids is 1. The van der Waals surface area contributed by atoms with Crippen molar-refractivity contribution in [2.24, 2.45) is 5.92 Å². The molecule has 4 nitrogen and oxygen atoms in total. The lowest BCUT2D eigenvalue weighted by molar-refractivity contribution is -0.118. The van der Waals surface area contributed by atoms with Gasteiger partial charge in [-0.2, -0.15) is 0 Å². The van der Waals surface area contributed by atoms with Crippen LogP contribution >= 0.6 is 0 Å². The molecule has 0 unspecified atom stereocenters. The summed E-state index contributed by atoms with van der Waals surface area (Å²) in [6.07, 6.45) is 3.53. The first kappa shape index (κ1) is 18.1. The summed E-state index contributed by atoms with van der Waals surface area (Å²) in [6, 6.07) is 16.3. The molecule has 0 aliphatic rings. The molecule has 3 aromatic rings. The zero-order chi connectivity index (χ0) is 18.5.